The van der Waals surface area contributed by atoms with Crippen molar-refractivity contribution in [3.63, 3.8) is 0 Å². The molecule has 1 N–H and O–H groups in total. The van der Waals surface area contributed by atoms with Crippen molar-refractivity contribution in [2.45, 2.75) is 19.3 Å². The Labute approximate surface area is 61.0 Å². The lowest BCUT2D eigenvalue weighted by atomic mass is 10.2. The number of nitrogens with zero attached hydrogens (tertiary/aromatic N) is 1. The summed E-state index contributed by atoms with van der Waals surface area (Å²) in [5.74, 6) is 0.838. The lowest BCUT2D eigenvalue weighted by Gasteiger charge is -2.00. The molecule has 1 aliphatic carbocycles. The Morgan fingerprint density at radius 2 is 2.40 bits per heavy atom. The first-order valence-corrected chi connectivity index (χ1v) is 3.92. The lowest BCUT2D eigenvalue weighted by Crippen LogP contribution is -2.10. The molecule has 54 valence electrons. The zero-order valence-electron chi connectivity index (χ0n) is 6.01. The van der Waals surface area contributed by atoms with Crippen molar-refractivity contribution in [1.82, 2.24) is 5.32 Å². The molecule has 0 bridgehead atoms. The molecule has 1 saturated carbocycles. The van der Waals surface area contributed by atoms with Crippen molar-refractivity contribution in [2.24, 2.45) is 10.9 Å². The Kier molecular flexibility index (Phi) is 1.46. The summed E-state index contributed by atoms with van der Waals surface area (Å²) in [4.78, 5) is 4.14. The molecule has 1 heterocycles. The van der Waals surface area contributed by atoms with E-state index in [1.54, 1.807) is 0 Å². The molecular weight excluding hydrogens is 124 g/mol. The highest BCUT2D eigenvalue weighted by atomic mass is 15.0. The molecule has 0 aromatic carbocycles. The predicted molar refractivity (Wildman–Crippen MR) is 41.9 cm³/mol. The molecule has 1 aliphatic heterocycles. The monoisotopic (exact) mass is 136 g/mol. The number of hydrogen-bond acceptors (Lipinski definition) is 2. The fraction of sp³-hybridized carbons (Fsp3) is 0.625. The SMILES string of the molecule is C1=NCCC=C(C2CC2)N1. The molecule has 0 amide bonds. The van der Waals surface area contributed by atoms with Crippen LogP contribution in [0.2, 0.25) is 0 Å². The van der Waals surface area contributed by atoms with E-state index in [1.807, 2.05) is 6.34 Å². The van der Waals surface area contributed by atoms with Crippen LogP contribution in [0.25, 0.3) is 0 Å². The number of nitrogens with one attached hydrogen (secondary N) is 1. The van der Waals surface area contributed by atoms with Crippen LogP contribution in [-0.2, 0) is 0 Å². The van der Waals surface area contributed by atoms with Gasteiger partial charge in [0.1, 0.15) is 0 Å². The Balaban J connectivity index is 2.03. The van der Waals surface area contributed by atoms with Gasteiger partial charge < -0.3 is 5.32 Å². The van der Waals surface area contributed by atoms with Crippen molar-refractivity contribution in [3.8, 4) is 0 Å². The normalized spacial score (nSPS) is 25.0. The molecule has 0 saturated heterocycles. The van der Waals surface area contributed by atoms with E-state index in [9.17, 15) is 0 Å². The summed E-state index contributed by atoms with van der Waals surface area (Å²) in [6.07, 6.45) is 7.95. The van der Waals surface area contributed by atoms with Gasteiger partial charge in [-0.3, -0.25) is 4.99 Å². The highest BCUT2D eigenvalue weighted by Gasteiger charge is 2.25. The van der Waals surface area contributed by atoms with Gasteiger partial charge in [0.25, 0.3) is 0 Å². The summed E-state index contributed by atoms with van der Waals surface area (Å²) in [6, 6.07) is 0. The highest BCUT2D eigenvalue weighted by molar-refractivity contribution is 5.58. The van der Waals surface area contributed by atoms with Crippen LogP contribution in [0.3, 0.4) is 0 Å². The third-order valence-corrected chi connectivity index (χ3v) is 1.96. The molecular formula is C8H12N2. The summed E-state index contributed by atoms with van der Waals surface area (Å²) in [5.41, 5.74) is 1.40. The van der Waals surface area contributed by atoms with Gasteiger partial charge in [0, 0.05) is 12.2 Å². The Morgan fingerprint density at radius 3 is 3.20 bits per heavy atom. The zero-order valence-corrected chi connectivity index (χ0v) is 6.01. The van der Waals surface area contributed by atoms with Gasteiger partial charge in [-0.1, -0.05) is 6.08 Å². The smallest absolute Gasteiger partial charge is 0.0865 e. The fourth-order valence-corrected chi connectivity index (χ4v) is 1.22. The average Bonchev–Trinajstić information content (AvgIpc) is 2.76. The summed E-state index contributed by atoms with van der Waals surface area (Å²) in [6.45, 7) is 0.948. The van der Waals surface area contributed by atoms with E-state index in [1.165, 1.54) is 18.5 Å². The van der Waals surface area contributed by atoms with E-state index in [0.717, 1.165) is 18.9 Å². The van der Waals surface area contributed by atoms with Crippen LogP contribution < -0.4 is 5.32 Å². The van der Waals surface area contributed by atoms with Gasteiger partial charge in [-0.25, -0.2) is 0 Å². The molecule has 2 heteroatoms. The van der Waals surface area contributed by atoms with E-state index in [4.69, 9.17) is 0 Å². The molecule has 2 rings (SSSR count). The summed E-state index contributed by atoms with van der Waals surface area (Å²) < 4.78 is 0. The second kappa shape index (κ2) is 2.45. The first kappa shape index (κ1) is 5.96. The van der Waals surface area contributed by atoms with Crippen molar-refractivity contribution in [3.05, 3.63) is 11.8 Å². The standard InChI is InChI=1S/C8H12N2/c1-2-8(7-3-4-7)10-6-9-5-1/h2,6-7H,1,3-5H2,(H,9,10). The molecule has 2 aliphatic rings. The molecule has 0 aromatic rings. The molecule has 0 aromatic heterocycles. The summed E-state index contributed by atoms with van der Waals surface area (Å²) in [7, 11) is 0. The summed E-state index contributed by atoms with van der Waals surface area (Å²) in [5, 5.41) is 3.21. The van der Waals surface area contributed by atoms with Crippen LogP contribution in [0.1, 0.15) is 19.3 Å². The van der Waals surface area contributed by atoms with Crippen LogP contribution >= 0.6 is 0 Å². The van der Waals surface area contributed by atoms with Crippen LogP contribution in [-0.4, -0.2) is 12.9 Å². The molecule has 0 spiro atoms. The third kappa shape index (κ3) is 1.20. The van der Waals surface area contributed by atoms with Crippen LogP contribution in [0.4, 0.5) is 0 Å². The maximum atomic E-state index is 4.14. The third-order valence-electron chi connectivity index (χ3n) is 1.96. The topological polar surface area (TPSA) is 24.4 Å². The maximum absolute atomic E-state index is 4.14. The van der Waals surface area contributed by atoms with Gasteiger partial charge >= 0.3 is 0 Å². The molecule has 10 heavy (non-hydrogen) atoms. The Morgan fingerprint density at radius 1 is 1.50 bits per heavy atom. The molecule has 1 fully saturated rings. The van der Waals surface area contributed by atoms with E-state index in [2.05, 4.69) is 16.4 Å². The fourth-order valence-electron chi connectivity index (χ4n) is 1.22. The summed E-state index contributed by atoms with van der Waals surface area (Å²) >= 11 is 0. The average molecular weight is 136 g/mol. The number of rotatable bonds is 1. The number of hydrogen-bond donors (Lipinski definition) is 1. The Hall–Kier alpha value is -0.790. The van der Waals surface area contributed by atoms with Crippen LogP contribution in [0.15, 0.2) is 16.8 Å². The first-order chi connectivity index (χ1) is 4.97. The number of allylic oxidation sites excluding steroid dienone is 1. The van der Waals surface area contributed by atoms with Crippen LogP contribution in [0.5, 0.6) is 0 Å². The second-order valence-electron chi connectivity index (χ2n) is 2.90. The van der Waals surface area contributed by atoms with Crippen molar-refractivity contribution in [1.29, 1.82) is 0 Å². The highest BCUT2D eigenvalue weighted by Crippen LogP contribution is 2.35. The molecule has 2 nitrogen and oxygen atoms in total. The zero-order chi connectivity index (χ0) is 6.81. The molecule has 0 unspecified atom stereocenters. The van der Waals surface area contributed by atoms with Gasteiger partial charge in [0.15, 0.2) is 0 Å². The molecule has 0 radical (unpaired) electrons. The minimum absolute atomic E-state index is 0.838. The Bertz CT molecular complexity index is 178. The van der Waals surface area contributed by atoms with Crippen LogP contribution in [0, 0.1) is 5.92 Å². The van der Waals surface area contributed by atoms with Gasteiger partial charge in [-0.2, -0.15) is 0 Å². The van der Waals surface area contributed by atoms with Gasteiger partial charge in [-0.05, 0) is 25.2 Å². The second-order valence-corrected chi connectivity index (χ2v) is 2.90. The predicted octanol–water partition coefficient (Wildman–Crippen LogP) is 1.30. The number of aliphatic imine (C=N–C) groups is 1. The van der Waals surface area contributed by atoms with Gasteiger partial charge in [0.2, 0.25) is 0 Å². The van der Waals surface area contributed by atoms with Gasteiger partial charge in [0.05, 0.1) is 6.34 Å². The van der Waals surface area contributed by atoms with E-state index < -0.39 is 0 Å². The quantitative estimate of drug-likeness (QED) is 0.577. The van der Waals surface area contributed by atoms with E-state index in [-0.39, 0.29) is 0 Å². The largest absolute Gasteiger partial charge is 0.350 e. The van der Waals surface area contributed by atoms with Gasteiger partial charge in [-0.15, -0.1) is 0 Å². The van der Waals surface area contributed by atoms with Crippen molar-refractivity contribution >= 4 is 6.34 Å². The first-order valence-electron chi connectivity index (χ1n) is 3.92. The molecule has 0 atom stereocenters. The minimum atomic E-state index is 0.838. The van der Waals surface area contributed by atoms with Crippen molar-refractivity contribution < 1.29 is 0 Å². The van der Waals surface area contributed by atoms with Crippen molar-refractivity contribution in [2.75, 3.05) is 6.54 Å². The lowest BCUT2D eigenvalue weighted by molar-refractivity contribution is 0.907. The van der Waals surface area contributed by atoms with E-state index >= 15 is 0 Å². The minimum Gasteiger partial charge on any atom is -0.350 e. The maximum Gasteiger partial charge on any atom is 0.0865 e. The van der Waals surface area contributed by atoms with E-state index in [0.29, 0.717) is 0 Å².